The minimum absolute atomic E-state index is 0.0479. The molecule has 2 N–H and O–H groups in total. The topological polar surface area (TPSA) is 62.7 Å². The van der Waals surface area contributed by atoms with E-state index in [1.54, 1.807) is 0 Å². The van der Waals surface area contributed by atoms with Gasteiger partial charge in [0, 0.05) is 4.47 Å². The third-order valence-electron chi connectivity index (χ3n) is 1.57. The molecule has 0 bridgehead atoms. The van der Waals surface area contributed by atoms with Crippen molar-refractivity contribution < 1.29 is 8.78 Å². The van der Waals surface area contributed by atoms with Crippen LogP contribution in [0.4, 0.5) is 14.6 Å². The van der Waals surface area contributed by atoms with Crippen molar-refractivity contribution in [3.63, 3.8) is 0 Å². The Hall–Kier alpha value is -1.22. The molecule has 0 aliphatic rings. The summed E-state index contributed by atoms with van der Waals surface area (Å²) in [6.07, 6.45) is -2.63. The van der Waals surface area contributed by atoms with Crippen molar-refractivity contribution in [2.24, 2.45) is 0 Å². The zero-order valence-corrected chi connectivity index (χ0v) is 8.55. The van der Waals surface area contributed by atoms with Crippen LogP contribution in [-0.4, -0.2) is 4.98 Å². The van der Waals surface area contributed by atoms with E-state index in [-0.39, 0.29) is 22.3 Å². The van der Waals surface area contributed by atoms with E-state index in [0.29, 0.717) is 5.69 Å². The summed E-state index contributed by atoms with van der Waals surface area (Å²) in [4.78, 5) is 3.69. The van der Waals surface area contributed by atoms with Gasteiger partial charge >= 0.3 is 0 Å². The number of hydrogen-bond donors (Lipinski definition) is 1. The van der Waals surface area contributed by atoms with Gasteiger partial charge in [0.1, 0.15) is 5.82 Å². The molecule has 0 aliphatic heterocycles. The van der Waals surface area contributed by atoms with Crippen molar-refractivity contribution in [1.29, 1.82) is 5.26 Å². The van der Waals surface area contributed by atoms with Crippen molar-refractivity contribution in [1.82, 2.24) is 4.98 Å². The molecule has 0 saturated heterocycles. The second kappa shape index (κ2) is 4.33. The van der Waals surface area contributed by atoms with Gasteiger partial charge < -0.3 is 5.73 Å². The highest BCUT2D eigenvalue weighted by Crippen LogP contribution is 2.31. The number of nitriles is 1. The highest BCUT2D eigenvalue weighted by molar-refractivity contribution is 9.10. The standard InChI is InChI=1S/C8H6BrF2N3/c9-5-3-4(1-2-12)14-8(13)6(5)7(10)11/h3,7H,1H2,(H2,13,14). The fourth-order valence-corrected chi connectivity index (χ4v) is 1.62. The summed E-state index contributed by atoms with van der Waals surface area (Å²) in [6, 6.07) is 3.24. The lowest BCUT2D eigenvalue weighted by molar-refractivity contribution is 0.151. The maximum Gasteiger partial charge on any atom is 0.268 e. The quantitative estimate of drug-likeness (QED) is 0.890. The van der Waals surface area contributed by atoms with Gasteiger partial charge in [0.2, 0.25) is 0 Å². The van der Waals surface area contributed by atoms with Crippen LogP contribution in [0.2, 0.25) is 0 Å². The lowest BCUT2D eigenvalue weighted by Crippen LogP contribution is -2.02. The number of hydrogen-bond acceptors (Lipinski definition) is 3. The van der Waals surface area contributed by atoms with Crippen molar-refractivity contribution >= 4 is 21.7 Å². The summed E-state index contributed by atoms with van der Waals surface area (Å²) >= 11 is 2.96. The van der Waals surface area contributed by atoms with E-state index in [1.807, 2.05) is 6.07 Å². The van der Waals surface area contributed by atoms with E-state index in [1.165, 1.54) is 6.07 Å². The minimum atomic E-state index is -2.67. The zero-order valence-electron chi connectivity index (χ0n) is 6.97. The molecule has 74 valence electrons. The number of halogens is 3. The molecule has 1 aromatic rings. The van der Waals surface area contributed by atoms with Crippen LogP contribution < -0.4 is 5.73 Å². The van der Waals surface area contributed by atoms with Crippen molar-refractivity contribution in [3.05, 3.63) is 21.8 Å². The van der Waals surface area contributed by atoms with Gasteiger partial charge in [-0.2, -0.15) is 5.26 Å². The molecule has 0 saturated carbocycles. The van der Waals surface area contributed by atoms with E-state index in [9.17, 15) is 8.78 Å². The Labute approximate surface area is 87.7 Å². The Balaban J connectivity index is 3.19. The Morgan fingerprint density at radius 3 is 2.71 bits per heavy atom. The second-order valence-corrected chi connectivity index (χ2v) is 3.38. The number of pyridine rings is 1. The molecule has 0 fully saturated rings. The highest BCUT2D eigenvalue weighted by Gasteiger charge is 2.17. The van der Waals surface area contributed by atoms with E-state index in [0.717, 1.165) is 0 Å². The summed E-state index contributed by atoms with van der Waals surface area (Å²) < 4.78 is 25.0. The number of alkyl halides is 2. The average molecular weight is 262 g/mol. The molecule has 0 radical (unpaired) electrons. The van der Waals surface area contributed by atoms with E-state index in [2.05, 4.69) is 20.9 Å². The summed E-state index contributed by atoms with van der Waals surface area (Å²) in [5, 5.41) is 8.39. The molecule has 0 atom stereocenters. The minimum Gasteiger partial charge on any atom is -0.383 e. The van der Waals surface area contributed by atoms with Gasteiger partial charge in [-0.05, 0) is 6.07 Å². The van der Waals surface area contributed by atoms with Crippen LogP contribution in [0.1, 0.15) is 17.7 Å². The third-order valence-corrected chi connectivity index (χ3v) is 2.23. The molecule has 0 aliphatic carbocycles. The number of anilines is 1. The lowest BCUT2D eigenvalue weighted by Gasteiger charge is -2.07. The smallest absolute Gasteiger partial charge is 0.268 e. The highest BCUT2D eigenvalue weighted by atomic mass is 79.9. The summed E-state index contributed by atoms with van der Waals surface area (Å²) in [6.45, 7) is 0. The van der Waals surface area contributed by atoms with Gasteiger partial charge in [-0.1, -0.05) is 15.9 Å². The van der Waals surface area contributed by atoms with Gasteiger partial charge in [-0.3, -0.25) is 0 Å². The van der Waals surface area contributed by atoms with Gasteiger partial charge in [0.15, 0.2) is 0 Å². The Morgan fingerprint density at radius 1 is 1.64 bits per heavy atom. The van der Waals surface area contributed by atoms with Gasteiger partial charge in [-0.15, -0.1) is 0 Å². The lowest BCUT2D eigenvalue weighted by atomic mass is 10.2. The predicted molar refractivity (Wildman–Crippen MR) is 50.6 cm³/mol. The third kappa shape index (κ3) is 2.17. The van der Waals surface area contributed by atoms with Gasteiger partial charge in [-0.25, -0.2) is 13.8 Å². The van der Waals surface area contributed by atoms with E-state index < -0.39 is 6.43 Å². The molecular weight excluding hydrogens is 256 g/mol. The first kappa shape index (κ1) is 10.9. The number of nitrogens with two attached hydrogens (primary N) is 1. The van der Waals surface area contributed by atoms with E-state index >= 15 is 0 Å². The summed E-state index contributed by atoms with van der Waals surface area (Å²) in [7, 11) is 0. The number of nitrogens with zero attached hydrogens (tertiary/aromatic N) is 2. The number of nitrogen functional groups attached to an aromatic ring is 1. The molecule has 1 aromatic heterocycles. The monoisotopic (exact) mass is 261 g/mol. The van der Waals surface area contributed by atoms with E-state index in [4.69, 9.17) is 11.0 Å². The molecule has 0 unspecified atom stereocenters. The van der Waals surface area contributed by atoms with Crippen LogP contribution in [0, 0.1) is 11.3 Å². The molecule has 0 spiro atoms. The van der Waals surface area contributed by atoms with Crippen LogP contribution >= 0.6 is 15.9 Å². The molecule has 14 heavy (non-hydrogen) atoms. The van der Waals surface area contributed by atoms with Crippen LogP contribution in [0.15, 0.2) is 10.5 Å². The van der Waals surface area contributed by atoms with Crippen LogP contribution in [0.25, 0.3) is 0 Å². The first-order valence-corrected chi connectivity index (χ1v) is 4.45. The fourth-order valence-electron chi connectivity index (χ4n) is 0.981. The second-order valence-electron chi connectivity index (χ2n) is 2.53. The van der Waals surface area contributed by atoms with Crippen LogP contribution in [0.5, 0.6) is 0 Å². The maximum absolute atomic E-state index is 12.4. The zero-order chi connectivity index (χ0) is 10.7. The van der Waals surface area contributed by atoms with Crippen molar-refractivity contribution in [2.45, 2.75) is 12.8 Å². The Kier molecular flexibility index (Phi) is 3.36. The largest absolute Gasteiger partial charge is 0.383 e. The maximum atomic E-state index is 12.4. The SMILES string of the molecule is N#CCc1cc(Br)c(C(F)F)c(N)n1. The Bertz CT molecular complexity index is 364. The van der Waals surface area contributed by atoms with Gasteiger partial charge in [0.25, 0.3) is 6.43 Å². The molecule has 1 rings (SSSR count). The molecule has 3 nitrogen and oxygen atoms in total. The molecular formula is C8H6BrF2N3. The molecule has 0 aromatic carbocycles. The van der Waals surface area contributed by atoms with Crippen molar-refractivity contribution in [2.75, 3.05) is 5.73 Å². The average Bonchev–Trinajstić information content (AvgIpc) is 2.01. The summed E-state index contributed by atoms with van der Waals surface area (Å²) in [5.41, 5.74) is 5.37. The Morgan fingerprint density at radius 2 is 2.29 bits per heavy atom. The van der Waals surface area contributed by atoms with Crippen LogP contribution in [-0.2, 0) is 6.42 Å². The van der Waals surface area contributed by atoms with Crippen molar-refractivity contribution in [3.8, 4) is 6.07 Å². The van der Waals surface area contributed by atoms with Crippen LogP contribution in [0.3, 0.4) is 0 Å². The normalized spacial score (nSPS) is 10.2. The first-order valence-electron chi connectivity index (χ1n) is 3.66. The fraction of sp³-hybridized carbons (Fsp3) is 0.250. The summed E-state index contributed by atoms with van der Waals surface area (Å²) in [5.74, 6) is -0.236. The first-order chi connectivity index (χ1) is 6.56. The number of aromatic nitrogens is 1. The van der Waals surface area contributed by atoms with Gasteiger partial charge in [0.05, 0.1) is 23.7 Å². The molecule has 6 heteroatoms. The molecule has 0 amide bonds. The molecule has 1 heterocycles. The predicted octanol–water partition coefficient (Wildman–Crippen LogP) is 2.43. The number of rotatable bonds is 2.